The van der Waals surface area contributed by atoms with Crippen molar-refractivity contribution in [2.45, 2.75) is 0 Å². The Morgan fingerprint density at radius 3 is 2.48 bits per heavy atom. The molecule has 0 amide bonds. The zero-order valence-corrected chi connectivity index (χ0v) is 14.5. The number of sulfonamides is 1. The van der Waals surface area contributed by atoms with Crippen molar-refractivity contribution in [1.29, 1.82) is 0 Å². The molecule has 1 heterocycles. The fraction of sp³-hybridized carbons (Fsp3) is 0.0625. The number of benzene rings is 2. The fourth-order valence-electron chi connectivity index (χ4n) is 2.34. The first-order valence-electron chi connectivity index (χ1n) is 7.34. The summed E-state index contributed by atoms with van der Waals surface area (Å²) in [5, 5.41) is 20.3. The molecule has 1 aromatic heterocycles. The summed E-state index contributed by atoms with van der Waals surface area (Å²) in [4.78, 5) is 22.2. The van der Waals surface area contributed by atoms with Crippen molar-refractivity contribution >= 4 is 32.4 Å². The summed E-state index contributed by atoms with van der Waals surface area (Å²) in [6.07, 6.45) is 0.910. The van der Waals surface area contributed by atoms with E-state index in [2.05, 4.69) is 4.72 Å². The van der Waals surface area contributed by atoms with Gasteiger partial charge in [0, 0.05) is 6.07 Å². The summed E-state index contributed by atoms with van der Waals surface area (Å²) < 4.78 is 36.0. The average Bonchev–Trinajstić information content (AvgIpc) is 2.55. The Labute approximate surface area is 151 Å². The molecule has 0 atom stereocenters. The van der Waals surface area contributed by atoms with E-state index >= 15 is 0 Å². The summed E-state index contributed by atoms with van der Waals surface area (Å²) in [6, 6.07) is 10.5. The molecule has 0 unspecified atom stereocenters. The summed E-state index contributed by atoms with van der Waals surface area (Å²) >= 11 is 0. The van der Waals surface area contributed by atoms with Crippen LogP contribution in [0.5, 0.6) is 17.4 Å². The van der Waals surface area contributed by atoms with E-state index in [9.17, 15) is 28.4 Å². The first kappa shape index (κ1) is 18.2. The molecule has 0 aliphatic carbocycles. The molecule has 3 rings (SSSR count). The summed E-state index contributed by atoms with van der Waals surface area (Å²) in [6.45, 7) is 0. The van der Waals surface area contributed by atoms with Crippen LogP contribution in [0.2, 0.25) is 0 Å². The van der Waals surface area contributed by atoms with E-state index in [1.807, 2.05) is 0 Å². The Bertz CT molecular complexity index is 1200. The van der Waals surface area contributed by atoms with Crippen molar-refractivity contribution in [3.05, 3.63) is 62.8 Å². The van der Waals surface area contributed by atoms with E-state index < -0.39 is 32.0 Å². The maximum Gasteiger partial charge on any atom is 0.396 e. The highest BCUT2D eigenvalue weighted by Crippen LogP contribution is 2.36. The van der Waals surface area contributed by atoms with Crippen LogP contribution in [-0.2, 0) is 10.0 Å². The minimum atomic E-state index is -3.72. The number of anilines is 1. The van der Waals surface area contributed by atoms with E-state index in [0.29, 0.717) is 5.75 Å². The van der Waals surface area contributed by atoms with Gasteiger partial charge in [-0.05, 0) is 18.2 Å². The maximum atomic E-state index is 12.3. The van der Waals surface area contributed by atoms with Gasteiger partial charge in [0.25, 0.3) is 5.43 Å². The quantitative estimate of drug-likeness (QED) is 0.497. The third kappa shape index (κ3) is 3.82. The lowest BCUT2D eigenvalue weighted by atomic mass is 10.2. The molecule has 140 valence electrons. The average molecular weight is 392 g/mol. The van der Waals surface area contributed by atoms with Gasteiger partial charge in [0.15, 0.2) is 5.75 Å². The fourth-order valence-corrected chi connectivity index (χ4v) is 2.90. The lowest BCUT2D eigenvalue weighted by Crippen LogP contribution is -2.12. The smallest absolute Gasteiger partial charge is 0.396 e. The second-order valence-corrected chi connectivity index (χ2v) is 7.22. The monoisotopic (exact) mass is 392 g/mol. The van der Waals surface area contributed by atoms with Gasteiger partial charge in [-0.2, -0.15) is 0 Å². The minimum absolute atomic E-state index is 0.0774. The lowest BCUT2D eigenvalue weighted by Gasteiger charge is -2.13. The molecule has 0 bridgehead atoms. The molecule has 0 spiro atoms. The molecule has 2 N–H and O–H groups in total. The molecule has 0 fully saturated rings. The number of rotatable bonds is 5. The van der Waals surface area contributed by atoms with E-state index in [-0.39, 0.29) is 22.4 Å². The highest BCUT2D eigenvalue weighted by Gasteiger charge is 2.26. The molecular weight excluding hydrogens is 380 g/mol. The molecule has 10 nitrogen and oxygen atoms in total. The van der Waals surface area contributed by atoms with E-state index in [0.717, 1.165) is 18.4 Å². The van der Waals surface area contributed by atoms with Crippen molar-refractivity contribution < 1.29 is 27.6 Å². The Morgan fingerprint density at radius 1 is 1.22 bits per heavy atom. The third-order valence-corrected chi connectivity index (χ3v) is 3.99. The predicted octanol–water partition coefficient (Wildman–Crippen LogP) is 2.57. The van der Waals surface area contributed by atoms with Gasteiger partial charge in [0.2, 0.25) is 10.0 Å². The number of ether oxygens (including phenoxy) is 1. The van der Waals surface area contributed by atoms with Gasteiger partial charge in [0.05, 0.1) is 22.3 Å². The lowest BCUT2D eigenvalue weighted by molar-refractivity contribution is -0.388. The largest absolute Gasteiger partial charge is 0.476 e. The maximum absolute atomic E-state index is 12.3. The minimum Gasteiger partial charge on any atom is -0.476 e. The summed E-state index contributed by atoms with van der Waals surface area (Å²) in [7, 11) is -3.72. The standard InChI is InChI=1S/C16H12N2O8S/c1-27(23,24)17-11-8-12-10(15(19)14(18(21)22)16(20)26-12)7-13(11)25-9-5-3-2-4-6-9/h2-8,17,20H,1H3. The van der Waals surface area contributed by atoms with Gasteiger partial charge < -0.3 is 14.3 Å². The molecular formula is C16H12N2O8S. The van der Waals surface area contributed by atoms with Crippen LogP contribution in [0.15, 0.2) is 51.7 Å². The van der Waals surface area contributed by atoms with Crippen LogP contribution >= 0.6 is 0 Å². The van der Waals surface area contributed by atoms with Crippen molar-refractivity contribution in [1.82, 2.24) is 0 Å². The Balaban J connectivity index is 2.27. The van der Waals surface area contributed by atoms with Gasteiger partial charge in [-0.15, -0.1) is 0 Å². The zero-order valence-electron chi connectivity index (χ0n) is 13.7. The molecule has 0 saturated carbocycles. The van der Waals surface area contributed by atoms with Gasteiger partial charge in [0.1, 0.15) is 11.3 Å². The first-order valence-corrected chi connectivity index (χ1v) is 9.24. The van der Waals surface area contributed by atoms with E-state index in [4.69, 9.17) is 9.15 Å². The number of aromatic hydroxyl groups is 1. The number of para-hydroxylation sites is 1. The van der Waals surface area contributed by atoms with E-state index in [1.54, 1.807) is 30.3 Å². The Kier molecular flexibility index (Phi) is 4.45. The Morgan fingerprint density at radius 2 is 1.89 bits per heavy atom. The highest BCUT2D eigenvalue weighted by molar-refractivity contribution is 7.92. The number of hydrogen-bond donors (Lipinski definition) is 2. The number of nitro groups is 1. The molecule has 0 radical (unpaired) electrons. The zero-order chi connectivity index (χ0) is 19.8. The number of nitrogens with one attached hydrogen (secondary N) is 1. The predicted molar refractivity (Wildman–Crippen MR) is 95.8 cm³/mol. The second kappa shape index (κ2) is 6.61. The number of hydrogen-bond acceptors (Lipinski definition) is 8. The molecule has 0 aliphatic rings. The summed E-state index contributed by atoms with van der Waals surface area (Å²) in [5.74, 6) is -0.919. The normalized spacial score (nSPS) is 11.3. The highest BCUT2D eigenvalue weighted by atomic mass is 32.2. The second-order valence-electron chi connectivity index (χ2n) is 5.48. The van der Waals surface area contributed by atoms with Crippen molar-refractivity contribution in [2.75, 3.05) is 11.0 Å². The van der Waals surface area contributed by atoms with Gasteiger partial charge in [-0.3, -0.25) is 19.6 Å². The van der Waals surface area contributed by atoms with Gasteiger partial charge in [-0.25, -0.2) is 8.42 Å². The third-order valence-electron chi connectivity index (χ3n) is 3.40. The van der Waals surface area contributed by atoms with Crippen LogP contribution in [0.1, 0.15) is 0 Å². The molecule has 0 aliphatic heterocycles. The van der Waals surface area contributed by atoms with Crippen LogP contribution in [0, 0.1) is 10.1 Å². The van der Waals surface area contributed by atoms with Crippen LogP contribution in [0.3, 0.4) is 0 Å². The molecule has 2 aromatic carbocycles. The Hall–Kier alpha value is -3.60. The van der Waals surface area contributed by atoms with Gasteiger partial charge in [-0.1, -0.05) is 18.2 Å². The van der Waals surface area contributed by atoms with Crippen LogP contribution in [-0.4, -0.2) is 24.7 Å². The van der Waals surface area contributed by atoms with Crippen LogP contribution < -0.4 is 14.9 Å². The van der Waals surface area contributed by atoms with Crippen molar-refractivity contribution in [3.63, 3.8) is 0 Å². The molecule has 27 heavy (non-hydrogen) atoms. The molecule has 3 aromatic rings. The van der Waals surface area contributed by atoms with Crippen molar-refractivity contribution in [2.24, 2.45) is 0 Å². The number of fused-ring (bicyclic) bond motifs is 1. The topological polar surface area (TPSA) is 149 Å². The molecule has 11 heteroatoms. The van der Waals surface area contributed by atoms with Crippen LogP contribution in [0.4, 0.5) is 11.4 Å². The SMILES string of the molecule is CS(=O)(=O)Nc1cc2oc(O)c([N+](=O)[O-])c(=O)c2cc1Oc1ccccc1. The summed E-state index contributed by atoms with van der Waals surface area (Å²) in [5.41, 5.74) is -2.56. The molecule has 0 saturated heterocycles. The van der Waals surface area contributed by atoms with Gasteiger partial charge >= 0.3 is 11.6 Å². The first-order chi connectivity index (χ1) is 12.7. The van der Waals surface area contributed by atoms with E-state index in [1.165, 1.54) is 0 Å². The number of nitrogens with zero attached hydrogens (tertiary/aromatic N) is 1. The van der Waals surface area contributed by atoms with Crippen molar-refractivity contribution in [3.8, 4) is 17.4 Å². The van der Waals surface area contributed by atoms with Crippen LogP contribution in [0.25, 0.3) is 11.0 Å².